The lowest BCUT2D eigenvalue weighted by atomic mass is 9.92. The molecule has 0 saturated carbocycles. The molecule has 0 atom stereocenters. The van der Waals surface area contributed by atoms with Crippen molar-refractivity contribution in [3.63, 3.8) is 0 Å². The van der Waals surface area contributed by atoms with E-state index in [2.05, 4.69) is 46.5 Å². The molecule has 0 spiro atoms. The molecule has 3 aromatic carbocycles. The first kappa shape index (κ1) is 34.8. The number of halogens is 1. The Balaban J connectivity index is 1.16. The number of fused-ring (bicyclic) bond motifs is 1. The highest BCUT2D eigenvalue weighted by atomic mass is 35.5. The maximum Gasteiger partial charge on any atom is 0.320 e. The zero-order valence-electron chi connectivity index (χ0n) is 28.5. The number of carbonyl (C=O) groups excluding carboxylic acids is 1. The van der Waals surface area contributed by atoms with Gasteiger partial charge in [-0.25, -0.2) is 9.48 Å². The fourth-order valence-electron chi connectivity index (χ4n) is 5.05. The standard InChI is InChI=1S/C37H39ClN8O3S/c1-37(2,3)32-21-34(46(43-32)26-11-13-27(14-12-26)49-19-18-44(4)5)40-36(48)39-22-25-8-6-7-9-31(25)50-28-15-17-33-41-42-35(45(33)23-28)24-10-16-30(47)29(38)20-24/h6-17,20-21,23,47H,18-19,22H2,1-5H3,(H2,39,40,48). The first-order chi connectivity index (χ1) is 23.9. The van der Waals surface area contributed by atoms with Gasteiger partial charge in [0, 0.05) is 46.1 Å². The number of phenols is 1. The number of aromatic nitrogens is 5. The van der Waals surface area contributed by atoms with Crippen molar-refractivity contribution in [1.29, 1.82) is 0 Å². The number of carbonyl (C=O) groups is 1. The molecule has 0 saturated heterocycles. The number of amides is 2. The van der Waals surface area contributed by atoms with Crippen LogP contribution in [-0.4, -0.2) is 67.7 Å². The fourth-order valence-corrected chi connectivity index (χ4v) is 6.20. The topological polar surface area (TPSA) is 122 Å². The van der Waals surface area contributed by atoms with E-state index in [4.69, 9.17) is 21.4 Å². The van der Waals surface area contributed by atoms with Gasteiger partial charge < -0.3 is 20.1 Å². The molecule has 11 nitrogen and oxygen atoms in total. The highest BCUT2D eigenvalue weighted by molar-refractivity contribution is 7.99. The number of pyridine rings is 1. The van der Waals surface area contributed by atoms with E-state index < -0.39 is 0 Å². The van der Waals surface area contributed by atoms with Gasteiger partial charge in [-0.15, -0.1) is 10.2 Å². The Morgan fingerprint density at radius 3 is 2.52 bits per heavy atom. The smallest absolute Gasteiger partial charge is 0.320 e. The van der Waals surface area contributed by atoms with Crippen LogP contribution < -0.4 is 15.4 Å². The predicted molar refractivity (Wildman–Crippen MR) is 198 cm³/mol. The monoisotopic (exact) mass is 710 g/mol. The van der Waals surface area contributed by atoms with Gasteiger partial charge in [-0.05, 0) is 80.3 Å². The molecule has 0 bridgehead atoms. The lowest BCUT2D eigenvalue weighted by Crippen LogP contribution is -2.29. The van der Waals surface area contributed by atoms with Crippen LogP contribution in [-0.2, 0) is 12.0 Å². The lowest BCUT2D eigenvalue weighted by molar-refractivity contribution is 0.251. The maximum atomic E-state index is 13.3. The van der Waals surface area contributed by atoms with Crippen LogP contribution in [0.25, 0.3) is 22.7 Å². The zero-order chi connectivity index (χ0) is 35.4. The molecule has 0 unspecified atom stereocenters. The van der Waals surface area contributed by atoms with E-state index in [1.165, 1.54) is 6.07 Å². The molecule has 0 aliphatic heterocycles. The summed E-state index contributed by atoms with van der Waals surface area (Å²) >= 11 is 7.73. The number of aromatic hydroxyl groups is 1. The number of nitrogens with one attached hydrogen (secondary N) is 2. The van der Waals surface area contributed by atoms with Crippen LogP contribution >= 0.6 is 23.4 Å². The molecule has 3 heterocycles. The zero-order valence-corrected chi connectivity index (χ0v) is 30.1. The van der Waals surface area contributed by atoms with Gasteiger partial charge >= 0.3 is 6.03 Å². The number of nitrogens with zero attached hydrogens (tertiary/aromatic N) is 6. The number of phenolic OH excluding ortho intramolecular Hbond substituents is 1. The highest BCUT2D eigenvalue weighted by Crippen LogP contribution is 2.33. The summed E-state index contributed by atoms with van der Waals surface area (Å²) in [5.74, 6) is 1.94. The average molecular weight is 711 g/mol. The summed E-state index contributed by atoms with van der Waals surface area (Å²) in [7, 11) is 4.02. The molecular formula is C37H39ClN8O3S. The summed E-state index contributed by atoms with van der Waals surface area (Å²) in [4.78, 5) is 17.3. The molecule has 6 rings (SSSR count). The van der Waals surface area contributed by atoms with Crippen molar-refractivity contribution in [3.05, 3.63) is 107 Å². The summed E-state index contributed by atoms with van der Waals surface area (Å²) in [6.07, 6.45) is 1.96. The number of likely N-dealkylation sites (N-methyl/N-ethyl adjacent to an activating group) is 1. The normalized spacial score (nSPS) is 11.7. The van der Waals surface area contributed by atoms with Crippen LogP contribution in [0.4, 0.5) is 10.6 Å². The Morgan fingerprint density at radius 1 is 1.00 bits per heavy atom. The van der Waals surface area contributed by atoms with Crippen molar-refractivity contribution in [2.75, 3.05) is 32.6 Å². The van der Waals surface area contributed by atoms with Crippen molar-refractivity contribution in [1.82, 2.24) is 34.6 Å². The molecule has 50 heavy (non-hydrogen) atoms. The number of urea groups is 1. The van der Waals surface area contributed by atoms with E-state index in [0.717, 1.165) is 44.6 Å². The van der Waals surface area contributed by atoms with Gasteiger partial charge in [0.1, 0.15) is 23.9 Å². The highest BCUT2D eigenvalue weighted by Gasteiger charge is 2.22. The van der Waals surface area contributed by atoms with Gasteiger partial charge in [0.15, 0.2) is 11.5 Å². The van der Waals surface area contributed by atoms with Gasteiger partial charge in [0.05, 0.1) is 16.4 Å². The van der Waals surface area contributed by atoms with Crippen molar-refractivity contribution >= 4 is 40.9 Å². The first-order valence-electron chi connectivity index (χ1n) is 16.1. The van der Waals surface area contributed by atoms with Crippen LogP contribution in [0.5, 0.6) is 11.5 Å². The SMILES string of the molecule is CN(C)CCOc1ccc(-n2nc(C(C)(C)C)cc2NC(=O)NCc2ccccc2Sc2ccc3nnc(-c4ccc(O)c(Cl)c4)n3c2)cc1. The molecule has 0 radical (unpaired) electrons. The largest absolute Gasteiger partial charge is 0.506 e. The molecule has 0 fully saturated rings. The van der Waals surface area contributed by atoms with Crippen molar-refractivity contribution < 1.29 is 14.6 Å². The number of hydrogen-bond acceptors (Lipinski definition) is 8. The van der Waals surface area contributed by atoms with E-state index in [-0.39, 0.29) is 22.2 Å². The molecule has 3 N–H and O–H groups in total. The molecule has 0 aliphatic rings. The minimum atomic E-state index is -0.349. The second-order valence-electron chi connectivity index (χ2n) is 13.0. The van der Waals surface area contributed by atoms with Crippen LogP contribution in [0.1, 0.15) is 32.0 Å². The molecule has 6 aromatic rings. The first-order valence-corrected chi connectivity index (χ1v) is 17.3. The summed E-state index contributed by atoms with van der Waals surface area (Å²) in [5, 5.41) is 29.6. The van der Waals surface area contributed by atoms with E-state index in [1.54, 1.807) is 28.6 Å². The third-order valence-electron chi connectivity index (χ3n) is 7.83. The number of ether oxygens (including phenoxy) is 1. The van der Waals surface area contributed by atoms with Crippen LogP contribution in [0.15, 0.2) is 101 Å². The Bertz CT molecular complexity index is 2120. The Kier molecular flexibility index (Phi) is 10.3. The average Bonchev–Trinajstić information content (AvgIpc) is 3.70. The van der Waals surface area contributed by atoms with Crippen molar-refractivity contribution in [2.24, 2.45) is 0 Å². The summed E-state index contributed by atoms with van der Waals surface area (Å²) in [6, 6.07) is 26.0. The minimum absolute atomic E-state index is 0.00611. The minimum Gasteiger partial charge on any atom is -0.506 e. The third kappa shape index (κ3) is 8.21. The van der Waals surface area contributed by atoms with Gasteiger partial charge in [0.25, 0.3) is 0 Å². The van der Waals surface area contributed by atoms with Gasteiger partial charge in [0.2, 0.25) is 0 Å². The molecule has 13 heteroatoms. The van der Waals surface area contributed by atoms with E-state index in [0.29, 0.717) is 30.4 Å². The van der Waals surface area contributed by atoms with Crippen molar-refractivity contribution in [2.45, 2.75) is 42.5 Å². The molecule has 3 aromatic heterocycles. The lowest BCUT2D eigenvalue weighted by Gasteiger charge is -2.14. The fraction of sp³-hybridized carbons (Fsp3) is 0.243. The molecule has 258 valence electrons. The van der Waals surface area contributed by atoms with Gasteiger partial charge in [-0.3, -0.25) is 9.72 Å². The second kappa shape index (κ2) is 14.8. The van der Waals surface area contributed by atoms with E-state index in [9.17, 15) is 9.90 Å². The molecular weight excluding hydrogens is 672 g/mol. The van der Waals surface area contributed by atoms with Gasteiger partial charge in [-0.1, -0.05) is 62.3 Å². The molecule has 2 amide bonds. The number of hydrogen-bond donors (Lipinski definition) is 3. The van der Waals surface area contributed by atoms with Crippen LogP contribution in [0.2, 0.25) is 5.02 Å². The summed E-state index contributed by atoms with van der Waals surface area (Å²) in [5.41, 5.74) is 3.79. The predicted octanol–water partition coefficient (Wildman–Crippen LogP) is 7.65. The van der Waals surface area contributed by atoms with Crippen LogP contribution in [0, 0.1) is 0 Å². The number of rotatable bonds is 11. The Morgan fingerprint density at radius 2 is 1.78 bits per heavy atom. The van der Waals surface area contributed by atoms with E-state index >= 15 is 0 Å². The third-order valence-corrected chi connectivity index (χ3v) is 9.23. The summed E-state index contributed by atoms with van der Waals surface area (Å²) < 4.78 is 9.49. The Labute approximate surface area is 300 Å². The van der Waals surface area contributed by atoms with Crippen molar-refractivity contribution in [3.8, 4) is 28.6 Å². The second-order valence-corrected chi connectivity index (χ2v) is 14.5. The maximum absolute atomic E-state index is 13.3. The number of anilines is 1. The number of benzene rings is 3. The molecule has 0 aliphatic carbocycles. The van der Waals surface area contributed by atoms with Gasteiger partial charge in [-0.2, -0.15) is 5.10 Å². The quantitative estimate of drug-likeness (QED) is 0.125. The van der Waals surface area contributed by atoms with E-state index in [1.807, 2.05) is 91.4 Å². The summed E-state index contributed by atoms with van der Waals surface area (Å²) in [6.45, 7) is 7.98. The Hall–Kier alpha value is -5.04. The van der Waals surface area contributed by atoms with Crippen LogP contribution in [0.3, 0.4) is 0 Å².